The van der Waals surface area contributed by atoms with Crippen molar-refractivity contribution in [3.8, 4) is 0 Å². The molecule has 0 N–H and O–H groups in total. The number of aryl methyl sites for hydroxylation is 6. The van der Waals surface area contributed by atoms with Crippen LogP contribution in [0.1, 0.15) is 59.7 Å². The Morgan fingerprint density at radius 3 is 1.34 bits per heavy atom. The molecule has 0 aliphatic heterocycles. The van der Waals surface area contributed by atoms with Gasteiger partial charge in [0.2, 0.25) is 18.2 Å². The summed E-state index contributed by atoms with van der Waals surface area (Å²) in [5, 5.41) is 0.0758. The topological polar surface area (TPSA) is 51.2 Å². The fourth-order valence-corrected chi connectivity index (χ4v) is 7.02. The van der Waals surface area contributed by atoms with Crippen LogP contribution in [-0.2, 0) is 4.57 Å². The van der Waals surface area contributed by atoms with Crippen molar-refractivity contribution in [1.82, 2.24) is 0 Å². The molecule has 0 saturated heterocycles. The van der Waals surface area contributed by atoms with Crippen LogP contribution in [0.3, 0.4) is 0 Å². The second kappa shape index (κ2) is 8.84. The third-order valence-corrected chi connectivity index (χ3v) is 8.45. The van der Waals surface area contributed by atoms with Crippen molar-refractivity contribution in [2.45, 2.75) is 41.5 Å². The summed E-state index contributed by atoms with van der Waals surface area (Å²) >= 11 is 0. The Bertz CT molecular complexity index is 1180. The number of benzene rings is 3. The van der Waals surface area contributed by atoms with Crippen LogP contribution < -0.4 is 0 Å². The molecule has 3 aromatic rings. The van der Waals surface area contributed by atoms with Crippen molar-refractivity contribution >= 4 is 23.5 Å². The highest BCUT2D eigenvalue weighted by Crippen LogP contribution is 2.63. The van der Waals surface area contributed by atoms with E-state index in [1.807, 2.05) is 71.9 Å². The molecular formula is C28H29O3P. The molecule has 0 bridgehead atoms. The third-order valence-electron chi connectivity index (χ3n) is 5.84. The smallest absolute Gasteiger partial charge is 0.248 e. The minimum Gasteiger partial charge on any atom is -0.302 e. The van der Waals surface area contributed by atoms with Crippen molar-refractivity contribution in [1.29, 1.82) is 0 Å². The van der Waals surface area contributed by atoms with Crippen LogP contribution in [0.5, 0.6) is 0 Å². The Morgan fingerprint density at radius 1 is 0.656 bits per heavy atom. The van der Waals surface area contributed by atoms with Crippen LogP contribution in [0.4, 0.5) is 0 Å². The van der Waals surface area contributed by atoms with Crippen molar-refractivity contribution in [2.75, 3.05) is 0 Å². The van der Waals surface area contributed by atoms with E-state index in [4.69, 9.17) is 0 Å². The molecule has 4 heteroatoms. The summed E-state index contributed by atoms with van der Waals surface area (Å²) in [4.78, 5) is 28.0. The molecule has 0 unspecified atom stereocenters. The van der Waals surface area contributed by atoms with Crippen LogP contribution in [0, 0.1) is 41.5 Å². The summed E-state index contributed by atoms with van der Waals surface area (Å²) in [7, 11) is -4.27. The van der Waals surface area contributed by atoms with Gasteiger partial charge in [-0.3, -0.25) is 9.59 Å². The van der Waals surface area contributed by atoms with Gasteiger partial charge in [0, 0.05) is 16.4 Å². The van der Waals surface area contributed by atoms with Gasteiger partial charge in [0.15, 0.2) is 0 Å². The summed E-state index contributed by atoms with van der Waals surface area (Å²) in [6, 6.07) is 16.4. The Morgan fingerprint density at radius 2 is 1.00 bits per heavy atom. The average molecular weight is 445 g/mol. The first kappa shape index (κ1) is 23.6. The second-order valence-electron chi connectivity index (χ2n) is 8.58. The minimum atomic E-state index is -4.27. The van der Waals surface area contributed by atoms with Gasteiger partial charge in [-0.25, -0.2) is 0 Å². The third kappa shape index (κ3) is 4.06. The summed E-state index contributed by atoms with van der Waals surface area (Å²) < 4.78 is 14.7. The van der Waals surface area contributed by atoms with E-state index in [9.17, 15) is 14.2 Å². The first-order valence-electron chi connectivity index (χ1n) is 10.6. The predicted octanol–water partition coefficient (Wildman–Crippen LogP) is 7.55. The van der Waals surface area contributed by atoms with Gasteiger partial charge in [-0.15, -0.1) is 0 Å². The first-order valence-corrected chi connectivity index (χ1v) is 12.3. The summed E-state index contributed by atoms with van der Waals surface area (Å²) in [5.74, 6) is 0. The van der Waals surface area contributed by atoms with Crippen LogP contribution in [0.2, 0.25) is 0 Å². The molecule has 0 saturated carbocycles. The number of carbonyl (C=O) groups is 2. The van der Waals surface area contributed by atoms with Gasteiger partial charge in [0.25, 0.3) is 0 Å². The highest BCUT2D eigenvalue weighted by atomic mass is 31.2. The number of hydrogen-bond acceptors (Lipinski definition) is 3. The highest BCUT2D eigenvalue weighted by Gasteiger charge is 2.45. The second-order valence-corrected chi connectivity index (χ2v) is 11.2. The molecule has 0 aliphatic rings. The largest absolute Gasteiger partial charge is 0.302 e. The lowest BCUT2D eigenvalue weighted by atomic mass is 10.0. The maximum atomic E-state index is 14.7. The maximum absolute atomic E-state index is 14.7. The van der Waals surface area contributed by atoms with Gasteiger partial charge in [0.05, 0.1) is 0 Å². The lowest BCUT2D eigenvalue weighted by Gasteiger charge is -2.23. The van der Waals surface area contributed by atoms with E-state index < -0.39 is 18.2 Å². The molecule has 0 spiro atoms. The van der Waals surface area contributed by atoms with E-state index in [0.29, 0.717) is 38.9 Å². The summed E-state index contributed by atoms with van der Waals surface area (Å²) in [6.45, 7) is 15.2. The molecule has 0 fully saturated rings. The number of carbonyl (C=O) groups excluding carboxylic acids is 2. The fourth-order valence-electron chi connectivity index (χ4n) is 4.50. The molecule has 0 aromatic heterocycles. The lowest BCUT2D eigenvalue weighted by molar-refractivity contribution is 0.104. The molecule has 3 aromatic carbocycles. The number of hydrogen-bond donors (Lipinski definition) is 0. The maximum Gasteiger partial charge on any atom is 0.248 e. The summed E-state index contributed by atoms with van der Waals surface area (Å²) in [5.41, 5.74) is 4.75. The summed E-state index contributed by atoms with van der Waals surface area (Å²) in [6.07, 6.45) is 0. The van der Waals surface area contributed by atoms with Gasteiger partial charge >= 0.3 is 0 Å². The lowest BCUT2D eigenvalue weighted by Crippen LogP contribution is -2.16. The zero-order valence-corrected chi connectivity index (χ0v) is 20.5. The SMILES string of the molecule is C=C(c1ccccc1)P(=O)(C(=O)c1c(C)cc(C)cc1C)C(=O)c1c(C)cc(C)cc1C. The Hall–Kier alpha value is -3.03. The van der Waals surface area contributed by atoms with Crippen molar-refractivity contribution in [2.24, 2.45) is 0 Å². The van der Waals surface area contributed by atoms with Gasteiger partial charge in [0.1, 0.15) is 0 Å². The van der Waals surface area contributed by atoms with Crippen LogP contribution in [0.25, 0.3) is 5.31 Å². The molecule has 164 valence electrons. The molecule has 0 amide bonds. The van der Waals surface area contributed by atoms with Crippen LogP contribution in [0.15, 0.2) is 61.2 Å². The minimum absolute atomic E-state index is 0.0758. The standard InChI is InChI=1S/C28H29O3P/c1-17-13-19(3)25(20(4)14-17)27(29)32(31,23(7)24-11-9-8-10-12-24)28(30)26-21(5)15-18(2)16-22(26)6/h8-16H,7H2,1-6H3. The van der Waals surface area contributed by atoms with Gasteiger partial charge < -0.3 is 4.57 Å². The average Bonchev–Trinajstić information content (AvgIpc) is 2.71. The zero-order chi connectivity index (χ0) is 23.8. The van der Waals surface area contributed by atoms with Crippen LogP contribution in [-0.4, -0.2) is 11.0 Å². The molecule has 0 atom stereocenters. The van der Waals surface area contributed by atoms with Crippen molar-refractivity contribution in [3.05, 3.63) is 111 Å². The van der Waals surface area contributed by atoms with Gasteiger partial charge in [-0.2, -0.15) is 0 Å². The van der Waals surface area contributed by atoms with Crippen molar-refractivity contribution < 1.29 is 14.2 Å². The normalized spacial score (nSPS) is 11.3. The molecule has 3 nitrogen and oxygen atoms in total. The van der Waals surface area contributed by atoms with E-state index >= 15 is 0 Å². The van der Waals surface area contributed by atoms with Gasteiger partial charge in [-0.05, 0) is 69.4 Å². The predicted molar refractivity (Wildman–Crippen MR) is 133 cm³/mol. The quantitative estimate of drug-likeness (QED) is 0.369. The fraction of sp³-hybridized carbons (Fsp3) is 0.214. The molecule has 32 heavy (non-hydrogen) atoms. The van der Waals surface area contributed by atoms with Crippen LogP contribution >= 0.6 is 7.14 Å². The van der Waals surface area contributed by atoms with E-state index in [0.717, 1.165) is 11.1 Å². The molecule has 3 rings (SSSR count). The van der Waals surface area contributed by atoms with Crippen molar-refractivity contribution in [3.63, 3.8) is 0 Å². The Labute approximate surface area is 190 Å². The van der Waals surface area contributed by atoms with E-state index in [-0.39, 0.29) is 5.31 Å². The van der Waals surface area contributed by atoms with E-state index in [1.54, 1.807) is 24.3 Å². The first-order chi connectivity index (χ1) is 15.0. The monoisotopic (exact) mass is 444 g/mol. The molecule has 0 heterocycles. The molecule has 0 radical (unpaired) electrons. The van der Waals surface area contributed by atoms with E-state index in [2.05, 4.69) is 6.58 Å². The molecule has 0 aliphatic carbocycles. The highest BCUT2D eigenvalue weighted by molar-refractivity contribution is 8.02. The number of rotatable bonds is 6. The van der Waals surface area contributed by atoms with E-state index in [1.165, 1.54) is 0 Å². The Kier molecular flexibility index (Phi) is 6.53. The molecular weight excluding hydrogens is 415 g/mol. The Balaban J connectivity index is 2.31. The van der Waals surface area contributed by atoms with Gasteiger partial charge in [-0.1, -0.05) is 72.3 Å². The zero-order valence-electron chi connectivity index (χ0n) is 19.6.